The second kappa shape index (κ2) is 5.50. The van der Waals surface area contributed by atoms with Crippen LogP contribution in [-0.2, 0) is 6.18 Å². The van der Waals surface area contributed by atoms with E-state index in [0.717, 1.165) is 19.4 Å². The molecule has 2 rings (SSSR count). The van der Waals surface area contributed by atoms with E-state index in [0.29, 0.717) is 5.02 Å². The van der Waals surface area contributed by atoms with Gasteiger partial charge >= 0.3 is 6.18 Å². The van der Waals surface area contributed by atoms with Crippen molar-refractivity contribution >= 4 is 23.2 Å². The van der Waals surface area contributed by atoms with Crippen molar-refractivity contribution in [2.45, 2.75) is 6.18 Å². The summed E-state index contributed by atoms with van der Waals surface area (Å²) in [6.45, 7) is 0. The first-order chi connectivity index (χ1) is 9.34. The van der Waals surface area contributed by atoms with Crippen LogP contribution in [0.2, 0.25) is 10.0 Å². The summed E-state index contributed by atoms with van der Waals surface area (Å²) in [7, 11) is 1.15. The minimum Gasteiger partial charge on any atom is -0.494 e. The highest BCUT2D eigenvalue weighted by Crippen LogP contribution is 2.42. The summed E-state index contributed by atoms with van der Waals surface area (Å²) in [5.41, 5.74) is -0.641. The molecule has 0 saturated carbocycles. The quantitative estimate of drug-likeness (QED) is 0.769. The fraction of sp³-hybridized carbons (Fsp3) is 0.154. The Morgan fingerprint density at radius 2 is 1.85 bits per heavy atom. The molecule has 106 valence electrons. The highest BCUT2D eigenvalue weighted by atomic mass is 35.5. The van der Waals surface area contributed by atoms with Gasteiger partial charge in [0.2, 0.25) is 0 Å². The lowest BCUT2D eigenvalue weighted by Gasteiger charge is -2.15. The lowest BCUT2D eigenvalue weighted by atomic mass is 10.1. The van der Waals surface area contributed by atoms with Gasteiger partial charge in [-0.15, -0.1) is 0 Å². The van der Waals surface area contributed by atoms with E-state index in [1.165, 1.54) is 18.2 Å². The van der Waals surface area contributed by atoms with Crippen LogP contribution in [0, 0.1) is 0 Å². The summed E-state index contributed by atoms with van der Waals surface area (Å²) in [6, 6.07) is 5.31. The molecule has 0 amide bonds. The normalized spacial score (nSPS) is 11.5. The van der Waals surface area contributed by atoms with Crippen molar-refractivity contribution in [1.82, 2.24) is 4.98 Å². The van der Waals surface area contributed by atoms with Crippen LogP contribution in [0.3, 0.4) is 0 Å². The van der Waals surface area contributed by atoms with Gasteiger partial charge in [-0.2, -0.15) is 13.2 Å². The Kier molecular flexibility index (Phi) is 4.11. The molecule has 20 heavy (non-hydrogen) atoms. The average Bonchev–Trinajstić information content (AvgIpc) is 2.39. The number of nitrogens with zero attached hydrogens (tertiary/aromatic N) is 1. The molecule has 0 N–H and O–H groups in total. The number of methoxy groups -OCH3 is 1. The Balaban J connectivity index is 2.72. The van der Waals surface area contributed by atoms with Gasteiger partial charge in [-0.1, -0.05) is 23.2 Å². The Morgan fingerprint density at radius 1 is 1.15 bits per heavy atom. The molecule has 0 saturated heterocycles. The first-order valence-corrected chi connectivity index (χ1v) is 6.16. The molecule has 0 unspecified atom stereocenters. The Labute approximate surface area is 123 Å². The average molecular weight is 322 g/mol. The number of benzene rings is 1. The fourth-order valence-corrected chi connectivity index (χ4v) is 2.13. The number of rotatable bonds is 2. The Bertz CT molecular complexity index is 644. The van der Waals surface area contributed by atoms with Crippen LogP contribution in [0.1, 0.15) is 5.56 Å². The third-order valence-electron chi connectivity index (χ3n) is 2.60. The summed E-state index contributed by atoms with van der Waals surface area (Å²) < 4.78 is 43.7. The fourth-order valence-electron chi connectivity index (χ4n) is 1.75. The van der Waals surface area contributed by atoms with Gasteiger partial charge in [0.15, 0.2) is 5.75 Å². The number of hydrogen-bond donors (Lipinski definition) is 0. The van der Waals surface area contributed by atoms with Gasteiger partial charge < -0.3 is 4.74 Å². The standard InChI is InChI=1S/C13H8Cl2F3NO/c1-20-12-9(13(16,17)18)4-5-19-11(12)8-6-7(14)2-3-10(8)15/h2-6H,1H3. The molecule has 0 atom stereocenters. The number of halogens is 5. The Hall–Kier alpha value is -1.46. The minimum atomic E-state index is -4.55. The molecule has 0 aliphatic rings. The first-order valence-electron chi connectivity index (χ1n) is 5.40. The van der Waals surface area contributed by atoms with E-state index in [4.69, 9.17) is 27.9 Å². The molecular formula is C13H8Cl2F3NO. The lowest BCUT2D eigenvalue weighted by molar-refractivity contribution is -0.138. The van der Waals surface area contributed by atoms with Crippen LogP contribution in [0.25, 0.3) is 11.3 Å². The molecular weight excluding hydrogens is 314 g/mol. The highest BCUT2D eigenvalue weighted by molar-refractivity contribution is 6.35. The predicted molar refractivity (Wildman–Crippen MR) is 71.2 cm³/mol. The Morgan fingerprint density at radius 3 is 2.45 bits per heavy atom. The molecule has 0 bridgehead atoms. The molecule has 1 aromatic heterocycles. The summed E-state index contributed by atoms with van der Waals surface area (Å²) in [5.74, 6) is -0.385. The number of aromatic nitrogens is 1. The van der Waals surface area contributed by atoms with Gasteiger partial charge in [-0.05, 0) is 24.3 Å². The third kappa shape index (κ3) is 2.83. The van der Waals surface area contributed by atoms with E-state index in [1.54, 1.807) is 0 Å². The molecule has 1 aromatic carbocycles. The summed E-state index contributed by atoms with van der Waals surface area (Å²) in [4.78, 5) is 3.93. The lowest BCUT2D eigenvalue weighted by Crippen LogP contribution is -2.09. The first kappa shape index (κ1) is 14.9. The van der Waals surface area contributed by atoms with E-state index in [2.05, 4.69) is 4.98 Å². The maximum atomic E-state index is 12.9. The number of ether oxygens (including phenoxy) is 1. The molecule has 2 aromatic rings. The summed E-state index contributed by atoms with van der Waals surface area (Å²) in [6.07, 6.45) is -3.49. The van der Waals surface area contributed by atoms with Crippen molar-refractivity contribution in [3.8, 4) is 17.0 Å². The van der Waals surface area contributed by atoms with Crippen molar-refractivity contribution < 1.29 is 17.9 Å². The van der Waals surface area contributed by atoms with Gasteiger partial charge in [0.1, 0.15) is 11.3 Å². The van der Waals surface area contributed by atoms with Crippen molar-refractivity contribution in [2.75, 3.05) is 7.11 Å². The van der Waals surface area contributed by atoms with Gasteiger partial charge in [0.25, 0.3) is 0 Å². The van der Waals surface area contributed by atoms with Gasteiger partial charge in [-0.25, -0.2) is 0 Å². The van der Waals surface area contributed by atoms with Crippen LogP contribution in [0.4, 0.5) is 13.2 Å². The molecule has 0 aliphatic heterocycles. The van der Waals surface area contributed by atoms with Crippen molar-refractivity contribution in [3.05, 3.63) is 46.1 Å². The SMILES string of the molecule is COc1c(C(F)(F)F)ccnc1-c1cc(Cl)ccc1Cl. The topological polar surface area (TPSA) is 22.1 Å². The maximum absolute atomic E-state index is 12.9. The molecule has 0 radical (unpaired) electrons. The van der Waals surface area contributed by atoms with Crippen molar-refractivity contribution in [2.24, 2.45) is 0 Å². The second-order valence-corrected chi connectivity index (χ2v) is 4.71. The van der Waals surface area contributed by atoms with Crippen molar-refractivity contribution in [3.63, 3.8) is 0 Å². The van der Waals surface area contributed by atoms with Crippen molar-refractivity contribution in [1.29, 1.82) is 0 Å². The summed E-state index contributed by atoms with van der Waals surface area (Å²) in [5, 5.41) is 0.574. The maximum Gasteiger partial charge on any atom is 0.420 e. The number of hydrogen-bond acceptors (Lipinski definition) is 2. The van der Waals surface area contributed by atoms with Crippen LogP contribution < -0.4 is 4.74 Å². The van der Waals surface area contributed by atoms with E-state index in [9.17, 15) is 13.2 Å². The van der Waals surface area contributed by atoms with Crippen LogP contribution in [0.5, 0.6) is 5.75 Å². The smallest absolute Gasteiger partial charge is 0.420 e. The van der Waals surface area contributed by atoms with E-state index in [-0.39, 0.29) is 22.0 Å². The van der Waals surface area contributed by atoms with Gasteiger partial charge in [0, 0.05) is 16.8 Å². The van der Waals surface area contributed by atoms with Crippen LogP contribution in [0.15, 0.2) is 30.5 Å². The largest absolute Gasteiger partial charge is 0.494 e. The number of pyridine rings is 1. The summed E-state index contributed by atoms with van der Waals surface area (Å²) >= 11 is 11.8. The van der Waals surface area contributed by atoms with E-state index in [1.807, 2.05) is 0 Å². The zero-order valence-electron chi connectivity index (χ0n) is 10.1. The third-order valence-corrected chi connectivity index (χ3v) is 3.16. The zero-order chi connectivity index (χ0) is 14.9. The second-order valence-electron chi connectivity index (χ2n) is 3.86. The highest BCUT2D eigenvalue weighted by Gasteiger charge is 2.36. The minimum absolute atomic E-state index is 0.00479. The molecule has 0 spiro atoms. The van der Waals surface area contributed by atoms with Gasteiger partial charge in [0.05, 0.1) is 12.1 Å². The number of alkyl halides is 3. The van der Waals surface area contributed by atoms with E-state index >= 15 is 0 Å². The molecule has 0 aliphatic carbocycles. The van der Waals surface area contributed by atoms with Gasteiger partial charge in [-0.3, -0.25) is 4.98 Å². The van der Waals surface area contributed by atoms with E-state index < -0.39 is 11.7 Å². The molecule has 0 fully saturated rings. The predicted octanol–water partition coefficient (Wildman–Crippen LogP) is 5.08. The van der Waals surface area contributed by atoms with Crippen LogP contribution in [-0.4, -0.2) is 12.1 Å². The molecule has 7 heteroatoms. The monoisotopic (exact) mass is 321 g/mol. The van der Waals surface area contributed by atoms with Crippen LogP contribution >= 0.6 is 23.2 Å². The molecule has 1 heterocycles. The zero-order valence-corrected chi connectivity index (χ0v) is 11.6. The molecule has 2 nitrogen and oxygen atoms in total.